The van der Waals surface area contributed by atoms with Crippen LogP contribution in [-0.4, -0.2) is 54.4 Å². The number of ether oxygens (including phenoxy) is 1. The van der Waals surface area contributed by atoms with E-state index in [-0.39, 0.29) is 11.8 Å². The third-order valence-corrected chi connectivity index (χ3v) is 6.19. The summed E-state index contributed by atoms with van der Waals surface area (Å²) in [6.07, 6.45) is 3.99. The number of para-hydroxylation sites is 1. The van der Waals surface area contributed by atoms with Gasteiger partial charge in [0.25, 0.3) is 11.8 Å². The van der Waals surface area contributed by atoms with Crippen LogP contribution in [0.15, 0.2) is 48.5 Å². The smallest absolute Gasteiger partial charge is 0.257 e. The number of likely N-dealkylation sites (tertiary alicyclic amines) is 2. The van der Waals surface area contributed by atoms with Crippen molar-refractivity contribution < 1.29 is 14.3 Å². The lowest BCUT2D eigenvalue weighted by Gasteiger charge is -2.32. The third-order valence-electron chi connectivity index (χ3n) is 6.19. The predicted molar refractivity (Wildman–Crippen MR) is 117 cm³/mol. The van der Waals surface area contributed by atoms with Crippen molar-refractivity contribution in [3.8, 4) is 5.75 Å². The van der Waals surface area contributed by atoms with Crippen LogP contribution in [0.2, 0.25) is 0 Å². The normalized spacial score (nSPS) is 17.2. The predicted octanol–water partition coefficient (Wildman–Crippen LogP) is 4.16. The fraction of sp³-hybridized carbons (Fsp3) is 0.440. The number of aryl methyl sites for hydroxylation is 1. The van der Waals surface area contributed by atoms with Crippen LogP contribution in [-0.2, 0) is 0 Å². The molecular weight excluding hydrogens is 376 g/mol. The molecule has 0 aromatic heterocycles. The van der Waals surface area contributed by atoms with E-state index in [1.54, 1.807) is 0 Å². The number of carbonyl (C=O) groups excluding carboxylic acids is 2. The molecule has 2 aliphatic rings. The Balaban J connectivity index is 1.30. The molecule has 2 aromatic rings. The number of hydrogen-bond donors (Lipinski definition) is 0. The molecule has 158 valence electrons. The molecule has 2 aliphatic heterocycles. The Bertz CT molecular complexity index is 880. The molecule has 2 heterocycles. The molecule has 30 heavy (non-hydrogen) atoms. The zero-order valence-corrected chi connectivity index (χ0v) is 17.7. The lowest BCUT2D eigenvalue weighted by atomic mass is 9.97. The lowest BCUT2D eigenvalue weighted by Crippen LogP contribution is -2.39. The van der Waals surface area contributed by atoms with E-state index in [1.165, 1.54) is 0 Å². The molecule has 0 atom stereocenters. The Morgan fingerprint density at radius 1 is 0.867 bits per heavy atom. The van der Waals surface area contributed by atoms with Crippen LogP contribution in [0.5, 0.6) is 5.75 Å². The van der Waals surface area contributed by atoms with E-state index in [0.717, 1.165) is 63.0 Å². The van der Waals surface area contributed by atoms with Gasteiger partial charge in [0.15, 0.2) is 0 Å². The van der Waals surface area contributed by atoms with E-state index >= 15 is 0 Å². The van der Waals surface area contributed by atoms with E-state index in [2.05, 4.69) is 0 Å². The molecule has 0 saturated carbocycles. The Morgan fingerprint density at radius 3 is 2.20 bits per heavy atom. The van der Waals surface area contributed by atoms with Gasteiger partial charge in [0.1, 0.15) is 5.75 Å². The average Bonchev–Trinajstić information content (AvgIpc) is 3.33. The largest absolute Gasteiger partial charge is 0.492 e. The first-order valence-corrected chi connectivity index (χ1v) is 11.0. The topological polar surface area (TPSA) is 49.9 Å². The fourth-order valence-electron chi connectivity index (χ4n) is 4.25. The SMILES string of the molecule is Cc1ccc(C(=O)N2CCC(COc3ccccc3C(=O)N3CCCC3)CC2)cc1. The van der Waals surface area contributed by atoms with E-state index in [9.17, 15) is 9.59 Å². The zero-order valence-electron chi connectivity index (χ0n) is 17.7. The van der Waals surface area contributed by atoms with Crippen LogP contribution in [0, 0.1) is 12.8 Å². The standard InChI is InChI=1S/C25H30N2O3/c1-19-8-10-21(11-9-19)24(28)27-16-12-20(13-17-27)18-30-23-7-3-2-6-22(23)25(29)26-14-4-5-15-26/h2-3,6-11,20H,4-5,12-18H2,1H3. The molecule has 4 rings (SSSR count). The van der Waals surface area contributed by atoms with Crippen LogP contribution in [0.1, 0.15) is 52.0 Å². The minimum absolute atomic E-state index is 0.0709. The molecule has 2 amide bonds. The summed E-state index contributed by atoms with van der Waals surface area (Å²) in [5.41, 5.74) is 2.57. The van der Waals surface area contributed by atoms with Crippen molar-refractivity contribution in [1.29, 1.82) is 0 Å². The van der Waals surface area contributed by atoms with Gasteiger partial charge in [0.2, 0.25) is 0 Å². The Hall–Kier alpha value is -2.82. The molecule has 5 nitrogen and oxygen atoms in total. The summed E-state index contributed by atoms with van der Waals surface area (Å²) in [7, 11) is 0. The number of benzene rings is 2. The minimum Gasteiger partial charge on any atom is -0.492 e. The van der Waals surface area contributed by atoms with Gasteiger partial charge in [-0.1, -0.05) is 29.8 Å². The molecule has 0 bridgehead atoms. The molecular formula is C25H30N2O3. The van der Waals surface area contributed by atoms with E-state index in [1.807, 2.05) is 65.3 Å². The highest BCUT2D eigenvalue weighted by Crippen LogP contribution is 2.25. The zero-order chi connectivity index (χ0) is 20.9. The first kappa shape index (κ1) is 20.5. The molecule has 0 unspecified atom stereocenters. The molecule has 0 aliphatic carbocycles. The lowest BCUT2D eigenvalue weighted by molar-refractivity contribution is 0.0657. The summed E-state index contributed by atoms with van der Waals surface area (Å²) in [6, 6.07) is 15.3. The van der Waals surface area contributed by atoms with Crippen LogP contribution in [0.4, 0.5) is 0 Å². The van der Waals surface area contributed by atoms with Gasteiger partial charge in [-0.25, -0.2) is 0 Å². The van der Waals surface area contributed by atoms with Gasteiger partial charge in [-0.15, -0.1) is 0 Å². The van der Waals surface area contributed by atoms with Gasteiger partial charge in [0, 0.05) is 31.7 Å². The quantitative estimate of drug-likeness (QED) is 0.749. The van der Waals surface area contributed by atoms with Gasteiger partial charge in [0.05, 0.1) is 12.2 Å². The molecule has 5 heteroatoms. The molecule has 2 aromatic carbocycles. The fourth-order valence-corrected chi connectivity index (χ4v) is 4.25. The summed E-state index contributed by atoms with van der Waals surface area (Å²) in [5.74, 6) is 1.24. The van der Waals surface area contributed by atoms with Gasteiger partial charge >= 0.3 is 0 Å². The Kier molecular flexibility index (Phi) is 6.36. The van der Waals surface area contributed by atoms with E-state index in [0.29, 0.717) is 23.8 Å². The second kappa shape index (κ2) is 9.33. The van der Waals surface area contributed by atoms with Gasteiger partial charge < -0.3 is 14.5 Å². The summed E-state index contributed by atoms with van der Waals surface area (Å²) < 4.78 is 6.10. The van der Waals surface area contributed by atoms with Crippen LogP contribution < -0.4 is 4.74 Å². The van der Waals surface area contributed by atoms with Crippen molar-refractivity contribution in [3.05, 3.63) is 65.2 Å². The third kappa shape index (κ3) is 4.66. The van der Waals surface area contributed by atoms with Crippen molar-refractivity contribution in [1.82, 2.24) is 9.80 Å². The van der Waals surface area contributed by atoms with Gasteiger partial charge in [-0.2, -0.15) is 0 Å². The number of nitrogens with zero attached hydrogens (tertiary/aromatic N) is 2. The van der Waals surface area contributed by atoms with Crippen LogP contribution in [0.3, 0.4) is 0 Å². The second-order valence-corrected chi connectivity index (χ2v) is 8.41. The minimum atomic E-state index is 0.0709. The first-order valence-electron chi connectivity index (χ1n) is 11.0. The Labute approximate surface area is 178 Å². The second-order valence-electron chi connectivity index (χ2n) is 8.41. The molecule has 0 radical (unpaired) electrons. The van der Waals surface area contributed by atoms with E-state index < -0.39 is 0 Å². The molecule has 2 saturated heterocycles. The van der Waals surface area contributed by atoms with Gasteiger partial charge in [-0.3, -0.25) is 9.59 Å². The van der Waals surface area contributed by atoms with E-state index in [4.69, 9.17) is 4.74 Å². The van der Waals surface area contributed by atoms with Crippen molar-refractivity contribution in [3.63, 3.8) is 0 Å². The maximum absolute atomic E-state index is 12.8. The molecule has 2 fully saturated rings. The molecule has 0 N–H and O–H groups in total. The van der Waals surface area contributed by atoms with Crippen molar-refractivity contribution >= 4 is 11.8 Å². The van der Waals surface area contributed by atoms with Crippen molar-refractivity contribution in [2.75, 3.05) is 32.8 Å². The van der Waals surface area contributed by atoms with Crippen molar-refractivity contribution in [2.45, 2.75) is 32.6 Å². The number of amides is 2. The van der Waals surface area contributed by atoms with Gasteiger partial charge in [-0.05, 0) is 62.8 Å². The number of piperidine rings is 1. The van der Waals surface area contributed by atoms with Crippen LogP contribution in [0.25, 0.3) is 0 Å². The Morgan fingerprint density at radius 2 is 1.50 bits per heavy atom. The number of hydrogen-bond acceptors (Lipinski definition) is 3. The highest BCUT2D eigenvalue weighted by Gasteiger charge is 2.26. The maximum Gasteiger partial charge on any atom is 0.257 e. The van der Waals surface area contributed by atoms with Crippen LogP contribution >= 0.6 is 0 Å². The average molecular weight is 407 g/mol. The summed E-state index contributed by atoms with van der Waals surface area (Å²) in [4.78, 5) is 29.3. The monoisotopic (exact) mass is 406 g/mol. The number of carbonyl (C=O) groups is 2. The molecule has 0 spiro atoms. The highest BCUT2D eigenvalue weighted by molar-refractivity contribution is 5.97. The number of rotatable bonds is 5. The summed E-state index contributed by atoms with van der Waals surface area (Å²) >= 11 is 0. The highest BCUT2D eigenvalue weighted by atomic mass is 16.5. The van der Waals surface area contributed by atoms with Crippen molar-refractivity contribution in [2.24, 2.45) is 5.92 Å². The first-order chi connectivity index (χ1) is 14.6. The summed E-state index contributed by atoms with van der Waals surface area (Å²) in [5, 5.41) is 0. The maximum atomic E-state index is 12.8. The summed E-state index contributed by atoms with van der Waals surface area (Å²) in [6.45, 7) is 5.76.